The van der Waals surface area contributed by atoms with Gasteiger partial charge in [0.15, 0.2) is 0 Å². The number of thioether (sulfide) groups is 1. The summed E-state index contributed by atoms with van der Waals surface area (Å²) in [4.78, 5) is 15.2. The fraction of sp³-hybridized carbons (Fsp3) is 0.250. The number of rotatable bonds is 8. The van der Waals surface area contributed by atoms with Crippen LogP contribution in [0.15, 0.2) is 71.0 Å². The van der Waals surface area contributed by atoms with Gasteiger partial charge in [0.05, 0.1) is 0 Å². The molecule has 0 spiro atoms. The standard InChI is InChI=1S/C20H24N2OS/c1-3-22(18-9-7-8-17(2)16-18)14-13-21-20(23)12-15-24-19-10-5-4-6-11-19/h4-12,15-16H,3,13-14H2,1-2H3,(H,21,23)/b15-12+. The first-order chi connectivity index (χ1) is 11.7. The summed E-state index contributed by atoms with van der Waals surface area (Å²) in [6.45, 7) is 6.56. The van der Waals surface area contributed by atoms with Gasteiger partial charge in [0.25, 0.3) is 0 Å². The number of hydrogen-bond acceptors (Lipinski definition) is 3. The van der Waals surface area contributed by atoms with Crippen LogP contribution in [0.1, 0.15) is 12.5 Å². The average molecular weight is 340 g/mol. The predicted octanol–water partition coefficient (Wildman–Crippen LogP) is 4.24. The smallest absolute Gasteiger partial charge is 0.244 e. The molecule has 4 heteroatoms. The molecule has 0 fully saturated rings. The van der Waals surface area contributed by atoms with Crippen molar-refractivity contribution in [1.29, 1.82) is 0 Å². The third-order valence-corrected chi connectivity index (χ3v) is 4.41. The number of carbonyl (C=O) groups is 1. The van der Waals surface area contributed by atoms with Crippen molar-refractivity contribution < 1.29 is 4.79 Å². The molecule has 1 amide bonds. The lowest BCUT2D eigenvalue weighted by molar-refractivity contribution is -0.116. The summed E-state index contributed by atoms with van der Waals surface area (Å²) in [5, 5.41) is 4.76. The Morgan fingerprint density at radius 1 is 1.17 bits per heavy atom. The molecule has 2 aromatic carbocycles. The average Bonchev–Trinajstić information content (AvgIpc) is 2.60. The van der Waals surface area contributed by atoms with E-state index in [1.54, 1.807) is 6.08 Å². The number of nitrogens with zero attached hydrogens (tertiary/aromatic N) is 1. The van der Waals surface area contributed by atoms with Crippen molar-refractivity contribution in [2.45, 2.75) is 18.7 Å². The van der Waals surface area contributed by atoms with Crippen molar-refractivity contribution in [2.75, 3.05) is 24.5 Å². The zero-order chi connectivity index (χ0) is 17.2. The lowest BCUT2D eigenvalue weighted by atomic mass is 10.2. The molecular weight excluding hydrogens is 316 g/mol. The molecule has 0 saturated carbocycles. The van der Waals surface area contributed by atoms with Crippen molar-refractivity contribution in [3.05, 3.63) is 71.6 Å². The van der Waals surface area contributed by atoms with Crippen LogP contribution in [-0.4, -0.2) is 25.5 Å². The molecule has 126 valence electrons. The third kappa shape index (κ3) is 6.13. The zero-order valence-electron chi connectivity index (χ0n) is 14.2. The molecule has 0 bridgehead atoms. The highest BCUT2D eigenvalue weighted by molar-refractivity contribution is 8.02. The first kappa shape index (κ1) is 18.1. The van der Waals surface area contributed by atoms with Gasteiger partial charge >= 0.3 is 0 Å². The molecule has 0 heterocycles. The van der Waals surface area contributed by atoms with E-state index in [1.807, 2.05) is 35.7 Å². The highest BCUT2D eigenvalue weighted by atomic mass is 32.2. The van der Waals surface area contributed by atoms with Gasteiger partial charge in [0.1, 0.15) is 0 Å². The number of aryl methyl sites for hydroxylation is 1. The first-order valence-electron chi connectivity index (χ1n) is 8.16. The molecule has 0 atom stereocenters. The SMILES string of the molecule is CCN(CCNC(=O)/C=C/Sc1ccccc1)c1cccc(C)c1. The van der Waals surface area contributed by atoms with Gasteiger partial charge in [-0.05, 0) is 49.1 Å². The Balaban J connectivity index is 1.75. The van der Waals surface area contributed by atoms with Crippen molar-refractivity contribution in [3.8, 4) is 0 Å². The maximum absolute atomic E-state index is 11.9. The molecular formula is C20H24N2OS. The summed E-state index contributed by atoms with van der Waals surface area (Å²) in [5.74, 6) is -0.0567. The number of benzene rings is 2. The fourth-order valence-electron chi connectivity index (χ4n) is 2.34. The quantitative estimate of drug-likeness (QED) is 0.576. The van der Waals surface area contributed by atoms with Gasteiger partial charge < -0.3 is 10.2 Å². The Morgan fingerprint density at radius 3 is 2.67 bits per heavy atom. The first-order valence-corrected chi connectivity index (χ1v) is 9.04. The number of likely N-dealkylation sites (N-methyl/N-ethyl adjacent to an activating group) is 1. The zero-order valence-corrected chi connectivity index (χ0v) is 15.1. The van der Waals surface area contributed by atoms with Crippen LogP contribution in [-0.2, 0) is 4.79 Å². The van der Waals surface area contributed by atoms with Crippen molar-refractivity contribution in [2.24, 2.45) is 0 Å². The van der Waals surface area contributed by atoms with Gasteiger partial charge in [0.2, 0.25) is 5.91 Å². The maximum Gasteiger partial charge on any atom is 0.244 e. The number of nitrogens with one attached hydrogen (secondary N) is 1. The Bertz CT molecular complexity index is 670. The van der Waals surface area contributed by atoms with Crippen molar-refractivity contribution >= 4 is 23.4 Å². The molecule has 0 radical (unpaired) electrons. The Morgan fingerprint density at radius 2 is 1.96 bits per heavy atom. The molecule has 1 N–H and O–H groups in total. The van der Waals surface area contributed by atoms with E-state index in [0.29, 0.717) is 6.54 Å². The topological polar surface area (TPSA) is 32.3 Å². The normalized spacial score (nSPS) is 10.8. The molecule has 2 rings (SSSR count). The second-order valence-electron chi connectivity index (χ2n) is 5.44. The molecule has 0 aliphatic carbocycles. The van der Waals surface area contributed by atoms with E-state index in [-0.39, 0.29) is 5.91 Å². The Kier molecular flexibility index (Phi) is 7.43. The molecule has 0 aromatic heterocycles. The summed E-state index contributed by atoms with van der Waals surface area (Å²) in [7, 11) is 0. The van der Waals surface area contributed by atoms with Gasteiger partial charge in [-0.2, -0.15) is 0 Å². The molecule has 24 heavy (non-hydrogen) atoms. The molecule has 0 aliphatic rings. The fourth-order valence-corrected chi connectivity index (χ4v) is 3.00. The second-order valence-corrected chi connectivity index (χ2v) is 6.42. The van der Waals surface area contributed by atoms with Crippen molar-refractivity contribution in [1.82, 2.24) is 5.32 Å². The van der Waals surface area contributed by atoms with Crippen LogP contribution in [0.2, 0.25) is 0 Å². The van der Waals surface area contributed by atoms with Crippen LogP contribution in [0, 0.1) is 6.92 Å². The number of carbonyl (C=O) groups excluding carboxylic acids is 1. The summed E-state index contributed by atoms with van der Waals surface area (Å²) in [6, 6.07) is 18.4. The van der Waals surface area contributed by atoms with Gasteiger partial charge in [-0.15, -0.1) is 0 Å². The summed E-state index contributed by atoms with van der Waals surface area (Å²) >= 11 is 1.54. The lowest BCUT2D eigenvalue weighted by Crippen LogP contribution is -2.34. The molecule has 0 aliphatic heterocycles. The third-order valence-electron chi connectivity index (χ3n) is 3.60. The molecule has 0 saturated heterocycles. The Hall–Kier alpha value is -2.20. The Labute approximate surface area is 148 Å². The van der Waals surface area contributed by atoms with Crippen molar-refractivity contribution in [3.63, 3.8) is 0 Å². The van der Waals surface area contributed by atoms with Crippen LogP contribution >= 0.6 is 11.8 Å². The van der Waals surface area contributed by atoms with E-state index in [0.717, 1.165) is 18.0 Å². The van der Waals surface area contributed by atoms with Gasteiger partial charge in [-0.1, -0.05) is 42.1 Å². The van der Waals surface area contributed by atoms with Crippen LogP contribution in [0.4, 0.5) is 5.69 Å². The number of anilines is 1. The van der Waals surface area contributed by atoms with Gasteiger partial charge in [0, 0.05) is 36.3 Å². The highest BCUT2D eigenvalue weighted by Crippen LogP contribution is 2.17. The van der Waals surface area contributed by atoms with E-state index in [1.165, 1.54) is 23.0 Å². The maximum atomic E-state index is 11.9. The van der Waals surface area contributed by atoms with E-state index >= 15 is 0 Å². The van der Waals surface area contributed by atoms with E-state index in [9.17, 15) is 4.79 Å². The largest absolute Gasteiger partial charge is 0.370 e. The van der Waals surface area contributed by atoms with E-state index in [4.69, 9.17) is 0 Å². The minimum atomic E-state index is -0.0567. The number of hydrogen-bond donors (Lipinski definition) is 1. The summed E-state index contributed by atoms with van der Waals surface area (Å²) in [5.41, 5.74) is 2.44. The molecule has 0 unspecified atom stereocenters. The van der Waals surface area contributed by atoms with E-state index in [2.05, 4.69) is 48.3 Å². The van der Waals surface area contributed by atoms with Gasteiger partial charge in [-0.3, -0.25) is 4.79 Å². The van der Waals surface area contributed by atoms with Crippen LogP contribution in [0.3, 0.4) is 0 Å². The lowest BCUT2D eigenvalue weighted by Gasteiger charge is -2.23. The van der Waals surface area contributed by atoms with Gasteiger partial charge in [-0.25, -0.2) is 0 Å². The van der Waals surface area contributed by atoms with Crippen LogP contribution in [0.25, 0.3) is 0 Å². The minimum absolute atomic E-state index is 0.0567. The summed E-state index contributed by atoms with van der Waals surface area (Å²) in [6.07, 6.45) is 1.58. The highest BCUT2D eigenvalue weighted by Gasteiger charge is 2.04. The second kappa shape index (κ2) is 9.83. The van der Waals surface area contributed by atoms with Crippen LogP contribution in [0.5, 0.6) is 0 Å². The number of amides is 1. The van der Waals surface area contributed by atoms with E-state index < -0.39 is 0 Å². The molecule has 2 aromatic rings. The minimum Gasteiger partial charge on any atom is -0.370 e. The monoisotopic (exact) mass is 340 g/mol. The predicted molar refractivity (Wildman–Crippen MR) is 104 cm³/mol. The summed E-state index contributed by atoms with van der Waals surface area (Å²) < 4.78 is 0. The molecule has 3 nitrogen and oxygen atoms in total. The van der Waals surface area contributed by atoms with Crippen LogP contribution < -0.4 is 10.2 Å².